The summed E-state index contributed by atoms with van der Waals surface area (Å²) >= 11 is 3.33. The van der Waals surface area contributed by atoms with Gasteiger partial charge in [0.1, 0.15) is 0 Å². The quantitative estimate of drug-likeness (QED) is 0.791. The number of pyridine rings is 1. The van der Waals surface area contributed by atoms with Crippen LogP contribution in [0.2, 0.25) is 0 Å². The van der Waals surface area contributed by atoms with Crippen molar-refractivity contribution in [2.75, 3.05) is 0 Å². The van der Waals surface area contributed by atoms with Crippen LogP contribution in [0, 0.1) is 0 Å². The molecular formula is C12H8BrNO2. The maximum absolute atomic E-state index is 11.8. The molecule has 0 spiro atoms. The van der Waals surface area contributed by atoms with Gasteiger partial charge in [-0.25, -0.2) is 0 Å². The van der Waals surface area contributed by atoms with E-state index >= 15 is 0 Å². The Hall–Kier alpha value is -1.68. The van der Waals surface area contributed by atoms with Crippen LogP contribution in [0.25, 0.3) is 5.69 Å². The highest BCUT2D eigenvalue weighted by atomic mass is 79.9. The van der Waals surface area contributed by atoms with E-state index in [-0.39, 0.29) is 11.1 Å². The molecule has 2 rings (SSSR count). The molecule has 4 heteroatoms. The Morgan fingerprint density at radius 3 is 2.69 bits per heavy atom. The summed E-state index contributed by atoms with van der Waals surface area (Å²) in [5.74, 6) is 0. The summed E-state index contributed by atoms with van der Waals surface area (Å²) in [6.45, 7) is 0. The first-order valence-corrected chi connectivity index (χ1v) is 5.44. The molecule has 3 nitrogen and oxygen atoms in total. The lowest BCUT2D eigenvalue weighted by Gasteiger charge is -2.05. The maximum atomic E-state index is 11.8. The van der Waals surface area contributed by atoms with Crippen molar-refractivity contribution in [1.82, 2.24) is 4.57 Å². The fourth-order valence-corrected chi connectivity index (χ4v) is 1.82. The van der Waals surface area contributed by atoms with Crippen LogP contribution in [0.3, 0.4) is 0 Å². The Morgan fingerprint density at radius 1 is 1.19 bits per heavy atom. The molecular weight excluding hydrogens is 270 g/mol. The molecule has 0 bridgehead atoms. The van der Waals surface area contributed by atoms with Gasteiger partial charge in [0.15, 0.2) is 6.29 Å². The van der Waals surface area contributed by atoms with Gasteiger partial charge < -0.3 is 0 Å². The summed E-state index contributed by atoms with van der Waals surface area (Å²) in [6.07, 6.45) is 2.20. The predicted molar refractivity (Wildman–Crippen MR) is 65.1 cm³/mol. The van der Waals surface area contributed by atoms with E-state index in [4.69, 9.17) is 0 Å². The number of halogens is 1. The Bertz CT molecular complexity index is 590. The van der Waals surface area contributed by atoms with Crippen molar-refractivity contribution < 1.29 is 4.79 Å². The van der Waals surface area contributed by atoms with Gasteiger partial charge in [0.2, 0.25) is 0 Å². The second-order valence-electron chi connectivity index (χ2n) is 3.24. The van der Waals surface area contributed by atoms with Crippen LogP contribution in [0.5, 0.6) is 0 Å². The third-order valence-corrected chi connectivity index (χ3v) is 2.68. The normalized spacial score (nSPS) is 10.1. The first-order chi connectivity index (χ1) is 7.72. The standard InChI is InChI=1S/C12H8BrNO2/c13-10-4-1-5-11(7-10)14-6-2-3-9(8-15)12(14)16/h1-8H. The van der Waals surface area contributed by atoms with Gasteiger partial charge in [0.05, 0.1) is 5.56 Å². The number of benzene rings is 1. The zero-order chi connectivity index (χ0) is 11.5. The van der Waals surface area contributed by atoms with E-state index in [0.29, 0.717) is 6.29 Å². The molecule has 0 aliphatic heterocycles. The van der Waals surface area contributed by atoms with Gasteiger partial charge in [0.25, 0.3) is 5.56 Å². The topological polar surface area (TPSA) is 39.1 Å². The molecule has 16 heavy (non-hydrogen) atoms. The first-order valence-electron chi connectivity index (χ1n) is 4.65. The molecule has 2 aromatic rings. The molecule has 1 aromatic heterocycles. The summed E-state index contributed by atoms with van der Waals surface area (Å²) in [5.41, 5.74) is 0.571. The van der Waals surface area contributed by atoms with Crippen LogP contribution in [0.1, 0.15) is 10.4 Å². The summed E-state index contributed by atoms with van der Waals surface area (Å²) in [4.78, 5) is 22.5. The number of aromatic nitrogens is 1. The molecule has 0 aliphatic rings. The molecule has 0 N–H and O–H groups in total. The maximum Gasteiger partial charge on any atom is 0.265 e. The highest BCUT2D eigenvalue weighted by molar-refractivity contribution is 9.10. The highest BCUT2D eigenvalue weighted by Gasteiger charge is 2.03. The molecule has 1 heterocycles. The number of carbonyl (C=O) groups is 1. The molecule has 0 amide bonds. The van der Waals surface area contributed by atoms with Crippen LogP contribution in [-0.4, -0.2) is 10.9 Å². The van der Waals surface area contributed by atoms with E-state index in [1.54, 1.807) is 18.3 Å². The molecule has 0 unspecified atom stereocenters. The summed E-state index contributed by atoms with van der Waals surface area (Å²) in [6, 6.07) is 10.5. The van der Waals surface area contributed by atoms with E-state index in [9.17, 15) is 9.59 Å². The second kappa shape index (κ2) is 4.45. The average Bonchev–Trinajstić information content (AvgIpc) is 2.29. The predicted octanol–water partition coefficient (Wildman–Crippen LogP) is 2.41. The van der Waals surface area contributed by atoms with Crippen LogP contribution in [0.15, 0.2) is 51.9 Å². The lowest BCUT2D eigenvalue weighted by molar-refractivity contribution is 0.112. The SMILES string of the molecule is O=Cc1cccn(-c2cccc(Br)c2)c1=O. The van der Waals surface area contributed by atoms with Crippen molar-refractivity contribution in [1.29, 1.82) is 0 Å². The van der Waals surface area contributed by atoms with Crippen LogP contribution in [0.4, 0.5) is 0 Å². The van der Waals surface area contributed by atoms with Crippen LogP contribution >= 0.6 is 15.9 Å². The zero-order valence-corrected chi connectivity index (χ0v) is 9.85. The first kappa shape index (κ1) is 10.8. The summed E-state index contributed by atoms with van der Waals surface area (Å²) in [5, 5.41) is 0. The summed E-state index contributed by atoms with van der Waals surface area (Å²) < 4.78 is 2.32. The number of rotatable bonds is 2. The number of hydrogen-bond donors (Lipinski definition) is 0. The molecule has 0 fully saturated rings. The Morgan fingerprint density at radius 2 is 2.00 bits per heavy atom. The van der Waals surface area contributed by atoms with Crippen LogP contribution < -0.4 is 5.56 Å². The molecule has 1 aromatic carbocycles. The van der Waals surface area contributed by atoms with Gasteiger partial charge in [-0.15, -0.1) is 0 Å². The Kier molecular flexibility index (Phi) is 3.01. The van der Waals surface area contributed by atoms with Gasteiger partial charge in [-0.3, -0.25) is 14.2 Å². The summed E-state index contributed by atoms with van der Waals surface area (Å²) in [7, 11) is 0. The van der Waals surface area contributed by atoms with Gasteiger partial charge in [0, 0.05) is 16.4 Å². The Labute approximate surface area is 100 Å². The molecule has 0 radical (unpaired) electrons. The minimum atomic E-state index is -0.310. The second-order valence-corrected chi connectivity index (χ2v) is 4.15. The van der Waals surface area contributed by atoms with Crippen molar-refractivity contribution in [3.63, 3.8) is 0 Å². The van der Waals surface area contributed by atoms with Gasteiger partial charge in [-0.2, -0.15) is 0 Å². The average molecular weight is 278 g/mol. The van der Waals surface area contributed by atoms with Crippen molar-refractivity contribution in [2.45, 2.75) is 0 Å². The number of aldehydes is 1. The number of carbonyl (C=O) groups excluding carboxylic acids is 1. The van der Waals surface area contributed by atoms with Crippen molar-refractivity contribution in [3.05, 3.63) is 63.0 Å². The van der Waals surface area contributed by atoms with E-state index in [0.717, 1.165) is 10.2 Å². The van der Waals surface area contributed by atoms with Gasteiger partial charge >= 0.3 is 0 Å². The highest BCUT2D eigenvalue weighted by Crippen LogP contribution is 2.13. The lowest BCUT2D eigenvalue weighted by Crippen LogP contribution is -2.20. The molecule has 0 saturated carbocycles. The largest absolute Gasteiger partial charge is 0.298 e. The molecule has 0 atom stereocenters. The minimum absolute atomic E-state index is 0.155. The van der Waals surface area contributed by atoms with E-state index in [1.807, 2.05) is 18.2 Å². The fraction of sp³-hybridized carbons (Fsp3) is 0. The minimum Gasteiger partial charge on any atom is -0.298 e. The van der Waals surface area contributed by atoms with Crippen LogP contribution in [-0.2, 0) is 0 Å². The van der Waals surface area contributed by atoms with Crippen molar-refractivity contribution in [3.8, 4) is 5.69 Å². The number of nitrogens with zero attached hydrogens (tertiary/aromatic N) is 1. The fourth-order valence-electron chi connectivity index (χ4n) is 1.43. The van der Waals surface area contributed by atoms with E-state index in [1.165, 1.54) is 10.6 Å². The van der Waals surface area contributed by atoms with Gasteiger partial charge in [-0.05, 0) is 30.3 Å². The molecule has 0 saturated heterocycles. The number of hydrogen-bond acceptors (Lipinski definition) is 2. The third-order valence-electron chi connectivity index (χ3n) is 2.19. The van der Waals surface area contributed by atoms with Gasteiger partial charge in [-0.1, -0.05) is 22.0 Å². The lowest BCUT2D eigenvalue weighted by atomic mass is 10.2. The van der Waals surface area contributed by atoms with E-state index in [2.05, 4.69) is 15.9 Å². The molecule has 80 valence electrons. The third kappa shape index (κ3) is 1.97. The van der Waals surface area contributed by atoms with E-state index < -0.39 is 0 Å². The zero-order valence-electron chi connectivity index (χ0n) is 8.26. The van der Waals surface area contributed by atoms with Crippen molar-refractivity contribution >= 4 is 22.2 Å². The van der Waals surface area contributed by atoms with Crippen molar-refractivity contribution in [2.24, 2.45) is 0 Å². The smallest absolute Gasteiger partial charge is 0.265 e. The molecule has 0 aliphatic carbocycles. The Balaban J connectivity index is 2.65. The monoisotopic (exact) mass is 277 g/mol.